The largest absolute Gasteiger partial charge is 0.302 e. The number of rotatable bonds is 4. The van der Waals surface area contributed by atoms with E-state index in [4.69, 9.17) is 0 Å². The molecule has 0 saturated heterocycles. The lowest BCUT2D eigenvalue weighted by atomic mass is 10.1. The Hall–Kier alpha value is -1.19. The number of hydrogen-bond donors (Lipinski definition) is 1. The van der Waals surface area contributed by atoms with Crippen LogP contribution in [0.3, 0.4) is 0 Å². The number of benzene rings is 1. The van der Waals surface area contributed by atoms with Crippen LogP contribution in [0.15, 0.2) is 53.1 Å². The van der Waals surface area contributed by atoms with E-state index in [1.54, 1.807) is 0 Å². The first-order valence-corrected chi connectivity index (χ1v) is 6.88. The second-order valence-electron chi connectivity index (χ2n) is 4.42. The van der Waals surface area contributed by atoms with E-state index in [1.165, 1.54) is 5.56 Å². The van der Waals surface area contributed by atoms with Crippen LogP contribution in [-0.2, 0) is 0 Å². The molecule has 2 atom stereocenters. The van der Waals surface area contributed by atoms with Crippen molar-refractivity contribution >= 4 is 15.9 Å². The summed E-state index contributed by atoms with van der Waals surface area (Å²) in [4.78, 5) is 4.37. The zero-order chi connectivity index (χ0) is 13.0. The van der Waals surface area contributed by atoms with E-state index in [-0.39, 0.29) is 6.04 Å². The van der Waals surface area contributed by atoms with Crippen molar-refractivity contribution in [3.05, 3.63) is 64.4 Å². The molecule has 0 fully saturated rings. The standard InChI is InChI=1S/C15H17BrN2/c1-11(13-6-8-14(16)9-7-13)18-12(2)15-5-3-4-10-17-15/h3-12,18H,1-2H3. The average molecular weight is 305 g/mol. The third kappa shape index (κ3) is 3.40. The average Bonchev–Trinajstić information content (AvgIpc) is 2.40. The van der Waals surface area contributed by atoms with Gasteiger partial charge in [-0.2, -0.15) is 0 Å². The van der Waals surface area contributed by atoms with Crippen molar-refractivity contribution in [1.82, 2.24) is 10.3 Å². The fraction of sp³-hybridized carbons (Fsp3) is 0.267. The van der Waals surface area contributed by atoms with Gasteiger partial charge < -0.3 is 5.32 Å². The molecule has 0 saturated carbocycles. The van der Waals surface area contributed by atoms with E-state index in [0.717, 1.165) is 10.2 Å². The highest BCUT2D eigenvalue weighted by molar-refractivity contribution is 9.10. The highest BCUT2D eigenvalue weighted by Crippen LogP contribution is 2.19. The van der Waals surface area contributed by atoms with Crippen molar-refractivity contribution < 1.29 is 0 Å². The third-order valence-corrected chi connectivity index (χ3v) is 3.53. The van der Waals surface area contributed by atoms with Crippen molar-refractivity contribution in [3.8, 4) is 0 Å². The van der Waals surface area contributed by atoms with Gasteiger partial charge in [0.25, 0.3) is 0 Å². The Labute approximate surface area is 117 Å². The van der Waals surface area contributed by atoms with Gasteiger partial charge in [-0.25, -0.2) is 0 Å². The summed E-state index contributed by atoms with van der Waals surface area (Å²) >= 11 is 3.45. The van der Waals surface area contributed by atoms with Gasteiger partial charge in [0.15, 0.2) is 0 Å². The first-order chi connectivity index (χ1) is 8.66. The fourth-order valence-electron chi connectivity index (χ4n) is 1.94. The van der Waals surface area contributed by atoms with Crippen molar-refractivity contribution in [1.29, 1.82) is 0 Å². The van der Waals surface area contributed by atoms with Gasteiger partial charge in [0.1, 0.15) is 0 Å². The molecule has 0 bridgehead atoms. The summed E-state index contributed by atoms with van der Waals surface area (Å²) in [6.07, 6.45) is 1.83. The molecular formula is C15H17BrN2. The van der Waals surface area contributed by atoms with Crippen LogP contribution in [0.1, 0.15) is 37.2 Å². The minimum Gasteiger partial charge on any atom is -0.302 e. The molecule has 0 aliphatic carbocycles. The molecule has 0 aliphatic heterocycles. The Morgan fingerprint density at radius 3 is 2.33 bits per heavy atom. The van der Waals surface area contributed by atoms with Gasteiger partial charge in [-0.1, -0.05) is 34.1 Å². The van der Waals surface area contributed by atoms with Gasteiger partial charge in [-0.15, -0.1) is 0 Å². The minimum atomic E-state index is 0.241. The van der Waals surface area contributed by atoms with Gasteiger partial charge in [0, 0.05) is 22.8 Å². The van der Waals surface area contributed by atoms with Crippen LogP contribution < -0.4 is 5.32 Å². The summed E-state index contributed by atoms with van der Waals surface area (Å²) < 4.78 is 1.11. The van der Waals surface area contributed by atoms with E-state index >= 15 is 0 Å². The van der Waals surface area contributed by atoms with Crippen molar-refractivity contribution in [3.63, 3.8) is 0 Å². The van der Waals surface area contributed by atoms with Gasteiger partial charge in [0.05, 0.1) is 5.69 Å². The molecule has 0 amide bonds. The van der Waals surface area contributed by atoms with E-state index in [1.807, 2.05) is 24.4 Å². The van der Waals surface area contributed by atoms with Crippen molar-refractivity contribution in [2.24, 2.45) is 0 Å². The molecule has 2 unspecified atom stereocenters. The molecular weight excluding hydrogens is 288 g/mol. The van der Waals surface area contributed by atoms with Crippen LogP contribution in [-0.4, -0.2) is 4.98 Å². The lowest BCUT2D eigenvalue weighted by molar-refractivity contribution is 0.486. The second-order valence-corrected chi connectivity index (χ2v) is 5.33. The zero-order valence-corrected chi connectivity index (χ0v) is 12.2. The first kappa shape index (κ1) is 13.2. The highest BCUT2D eigenvalue weighted by atomic mass is 79.9. The molecule has 18 heavy (non-hydrogen) atoms. The van der Waals surface area contributed by atoms with Crippen LogP contribution in [0, 0.1) is 0 Å². The molecule has 3 heteroatoms. The summed E-state index contributed by atoms with van der Waals surface area (Å²) in [6.45, 7) is 4.31. The van der Waals surface area contributed by atoms with E-state index in [9.17, 15) is 0 Å². The lowest BCUT2D eigenvalue weighted by Crippen LogP contribution is -2.23. The summed E-state index contributed by atoms with van der Waals surface area (Å²) in [6, 6.07) is 14.9. The van der Waals surface area contributed by atoms with E-state index in [2.05, 4.69) is 64.3 Å². The number of nitrogens with zero attached hydrogens (tertiary/aromatic N) is 1. The number of halogens is 1. The number of nitrogens with one attached hydrogen (secondary N) is 1. The van der Waals surface area contributed by atoms with Crippen LogP contribution in [0.4, 0.5) is 0 Å². The minimum absolute atomic E-state index is 0.241. The van der Waals surface area contributed by atoms with Crippen LogP contribution >= 0.6 is 15.9 Å². The Kier molecular flexibility index (Phi) is 4.50. The fourth-order valence-corrected chi connectivity index (χ4v) is 2.20. The maximum absolute atomic E-state index is 4.37. The normalized spacial score (nSPS) is 14.2. The second kappa shape index (κ2) is 6.12. The first-order valence-electron chi connectivity index (χ1n) is 6.09. The predicted octanol–water partition coefficient (Wildman–Crippen LogP) is 4.26. The molecule has 2 nitrogen and oxygen atoms in total. The molecule has 94 valence electrons. The summed E-state index contributed by atoms with van der Waals surface area (Å²) in [7, 11) is 0. The van der Waals surface area contributed by atoms with Gasteiger partial charge >= 0.3 is 0 Å². The van der Waals surface area contributed by atoms with Crippen LogP contribution in [0.2, 0.25) is 0 Å². The molecule has 1 aromatic heterocycles. The van der Waals surface area contributed by atoms with Crippen LogP contribution in [0.5, 0.6) is 0 Å². The number of aromatic nitrogens is 1. The topological polar surface area (TPSA) is 24.9 Å². The molecule has 2 aromatic rings. The Morgan fingerprint density at radius 2 is 1.72 bits per heavy atom. The van der Waals surface area contributed by atoms with E-state index < -0.39 is 0 Å². The van der Waals surface area contributed by atoms with Crippen molar-refractivity contribution in [2.75, 3.05) is 0 Å². The quantitative estimate of drug-likeness (QED) is 0.913. The lowest BCUT2D eigenvalue weighted by Gasteiger charge is -2.20. The smallest absolute Gasteiger partial charge is 0.0570 e. The maximum atomic E-state index is 4.37. The molecule has 2 rings (SSSR count). The molecule has 0 spiro atoms. The van der Waals surface area contributed by atoms with Gasteiger partial charge in [-0.3, -0.25) is 4.98 Å². The van der Waals surface area contributed by atoms with E-state index in [0.29, 0.717) is 6.04 Å². The van der Waals surface area contributed by atoms with Gasteiger partial charge in [-0.05, 0) is 43.7 Å². The zero-order valence-electron chi connectivity index (χ0n) is 10.6. The SMILES string of the molecule is CC(NC(C)c1ccccn1)c1ccc(Br)cc1. The molecule has 1 aromatic carbocycles. The molecule has 1 heterocycles. The number of pyridine rings is 1. The van der Waals surface area contributed by atoms with Crippen LogP contribution in [0.25, 0.3) is 0 Å². The third-order valence-electron chi connectivity index (χ3n) is 3.00. The predicted molar refractivity (Wildman–Crippen MR) is 78.3 cm³/mol. The summed E-state index contributed by atoms with van der Waals surface area (Å²) in [5.41, 5.74) is 2.35. The molecule has 0 aliphatic rings. The summed E-state index contributed by atoms with van der Waals surface area (Å²) in [5.74, 6) is 0. The number of hydrogen-bond acceptors (Lipinski definition) is 2. The highest BCUT2D eigenvalue weighted by Gasteiger charge is 2.11. The monoisotopic (exact) mass is 304 g/mol. The molecule has 1 N–H and O–H groups in total. The van der Waals surface area contributed by atoms with Crippen molar-refractivity contribution in [2.45, 2.75) is 25.9 Å². The summed E-state index contributed by atoms with van der Waals surface area (Å²) in [5, 5.41) is 3.55. The van der Waals surface area contributed by atoms with Gasteiger partial charge in [0.2, 0.25) is 0 Å². The molecule has 0 radical (unpaired) electrons. The Balaban J connectivity index is 2.03. The maximum Gasteiger partial charge on any atom is 0.0570 e. The Morgan fingerprint density at radius 1 is 1.00 bits per heavy atom. The Bertz CT molecular complexity index is 482.